The normalized spacial score (nSPS) is 10.8. The number of aryl methyl sites for hydroxylation is 4. The Morgan fingerprint density at radius 3 is 2.38 bits per heavy atom. The molecule has 3 heteroatoms. The maximum Gasteiger partial charge on any atom is 0.226 e. The fourth-order valence-electron chi connectivity index (χ4n) is 2.55. The number of hydrogen-bond acceptors (Lipinski definition) is 3. The number of hydrogen-bond donors (Lipinski definition) is 0. The van der Waals surface area contributed by atoms with Crippen LogP contribution in [0.5, 0.6) is 5.75 Å². The van der Waals surface area contributed by atoms with Crippen molar-refractivity contribution in [3.8, 4) is 17.2 Å². The van der Waals surface area contributed by atoms with Gasteiger partial charge in [-0.3, -0.25) is 0 Å². The van der Waals surface area contributed by atoms with Crippen LogP contribution in [0.25, 0.3) is 11.5 Å². The van der Waals surface area contributed by atoms with E-state index < -0.39 is 0 Å². The summed E-state index contributed by atoms with van der Waals surface area (Å²) >= 11 is 0. The highest BCUT2D eigenvalue weighted by molar-refractivity contribution is 5.54. The lowest BCUT2D eigenvalue weighted by Gasteiger charge is -2.07. The maximum absolute atomic E-state index is 5.85. The lowest BCUT2D eigenvalue weighted by atomic mass is 10.1. The Bertz CT molecular complexity index is 832. The molecule has 3 aromatic rings. The molecule has 3 nitrogen and oxygen atoms in total. The molecular weight excluding hydrogens is 298 g/mol. The van der Waals surface area contributed by atoms with E-state index in [2.05, 4.69) is 50.0 Å². The number of ether oxygens (including phenoxy) is 1. The van der Waals surface area contributed by atoms with E-state index >= 15 is 0 Å². The van der Waals surface area contributed by atoms with Gasteiger partial charge in [-0.25, -0.2) is 4.98 Å². The molecule has 2 aromatic carbocycles. The van der Waals surface area contributed by atoms with Crippen LogP contribution in [0.2, 0.25) is 0 Å². The second kappa shape index (κ2) is 6.91. The number of benzene rings is 2. The molecule has 0 spiro atoms. The Morgan fingerprint density at radius 2 is 1.67 bits per heavy atom. The standard InChI is InChI=1S/C21H23NO2/c1-14-5-8-18(9-6-14)21-22-20(17(4)24-21)11-12-23-19-10-7-15(2)16(3)13-19/h5-10,13H,11-12H2,1-4H3. The van der Waals surface area contributed by atoms with Crippen molar-refractivity contribution in [2.45, 2.75) is 34.1 Å². The number of oxazole rings is 1. The van der Waals surface area contributed by atoms with E-state index in [0.717, 1.165) is 29.2 Å². The first-order valence-electron chi connectivity index (χ1n) is 8.26. The molecule has 0 unspecified atom stereocenters. The molecule has 0 aliphatic carbocycles. The van der Waals surface area contributed by atoms with Crippen molar-refractivity contribution in [3.05, 3.63) is 70.6 Å². The number of rotatable bonds is 5. The van der Waals surface area contributed by atoms with Gasteiger partial charge in [0.05, 0.1) is 12.3 Å². The predicted molar refractivity (Wildman–Crippen MR) is 96.5 cm³/mol. The van der Waals surface area contributed by atoms with Gasteiger partial charge in [-0.1, -0.05) is 23.8 Å². The lowest BCUT2D eigenvalue weighted by molar-refractivity contribution is 0.319. The van der Waals surface area contributed by atoms with E-state index in [1.165, 1.54) is 16.7 Å². The van der Waals surface area contributed by atoms with Gasteiger partial charge in [-0.05, 0) is 63.1 Å². The summed E-state index contributed by atoms with van der Waals surface area (Å²) in [4.78, 5) is 4.63. The summed E-state index contributed by atoms with van der Waals surface area (Å²) in [6, 6.07) is 14.4. The molecule has 0 bridgehead atoms. The first-order chi connectivity index (χ1) is 11.5. The first-order valence-corrected chi connectivity index (χ1v) is 8.26. The molecule has 0 atom stereocenters. The van der Waals surface area contributed by atoms with E-state index in [0.29, 0.717) is 12.5 Å². The molecule has 0 saturated carbocycles. The van der Waals surface area contributed by atoms with Crippen LogP contribution in [0.1, 0.15) is 28.1 Å². The van der Waals surface area contributed by atoms with Crippen molar-refractivity contribution in [2.75, 3.05) is 6.61 Å². The molecule has 3 rings (SSSR count). The molecule has 0 fully saturated rings. The highest BCUT2D eigenvalue weighted by Crippen LogP contribution is 2.23. The van der Waals surface area contributed by atoms with Crippen molar-refractivity contribution in [3.63, 3.8) is 0 Å². The highest BCUT2D eigenvalue weighted by atomic mass is 16.5. The topological polar surface area (TPSA) is 35.3 Å². The average Bonchev–Trinajstić information content (AvgIpc) is 2.93. The van der Waals surface area contributed by atoms with E-state index in [4.69, 9.17) is 9.15 Å². The average molecular weight is 321 g/mol. The number of aromatic nitrogens is 1. The molecular formula is C21H23NO2. The van der Waals surface area contributed by atoms with Crippen molar-refractivity contribution < 1.29 is 9.15 Å². The van der Waals surface area contributed by atoms with Crippen LogP contribution >= 0.6 is 0 Å². The van der Waals surface area contributed by atoms with Gasteiger partial charge in [0, 0.05) is 12.0 Å². The summed E-state index contributed by atoms with van der Waals surface area (Å²) in [5.41, 5.74) is 5.70. The van der Waals surface area contributed by atoms with Crippen molar-refractivity contribution in [2.24, 2.45) is 0 Å². The summed E-state index contributed by atoms with van der Waals surface area (Å²) < 4.78 is 11.7. The highest BCUT2D eigenvalue weighted by Gasteiger charge is 2.11. The molecule has 0 amide bonds. The van der Waals surface area contributed by atoms with Crippen LogP contribution in [0.4, 0.5) is 0 Å². The SMILES string of the molecule is Cc1ccc(-c2nc(CCOc3ccc(C)c(C)c3)c(C)o2)cc1. The third-order valence-corrected chi connectivity index (χ3v) is 4.28. The van der Waals surface area contributed by atoms with Gasteiger partial charge in [-0.15, -0.1) is 0 Å². The Labute approximate surface area is 143 Å². The molecule has 1 heterocycles. The van der Waals surface area contributed by atoms with E-state index in [-0.39, 0.29) is 0 Å². The van der Waals surface area contributed by atoms with Crippen LogP contribution in [-0.2, 0) is 6.42 Å². The first kappa shape index (κ1) is 16.3. The van der Waals surface area contributed by atoms with Gasteiger partial charge in [0.2, 0.25) is 5.89 Å². The summed E-state index contributed by atoms with van der Waals surface area (Å²) in [5, 5.41) is 0. The number of nitrogens with zero attached hydrogens (tertiary/aromatic N) is 1. The Balaban J connectivity index is 1.65. The van der Waals surface area contributed by atoms with Crippen molar-refractivity contribution in [1.82, 2.24) is 4.98 Å². The fraction of sp³-hybridized carbons (Fsp3) is 0.286. The third kappa shape index (κ3) is 3.67. The smallest absolute Gasteiger partial charge is 0.226 e. The second-order valence-electron chi connectivity index (χ2n) is 6.23. The molecule has 0 aliphatic rings. The quantitative estimate of drug-likeness (QED) is 0.648. The Hall–Kier alpha value is -2.55. The van der Waals surface area contributed by atoms with Crippen molar-refractivity contribution >= 4 is 0 Å². The summed E-state index contributed by atoms with van der Waals surface area (Å²) in [5.74, 6) is 2.43. The largest absolute Gasteiger partial charge is 0.493 e. The van der Waals surface area contributed by atoms with Gasteiger partial charge in [-0.2, -0.15) is 0 Å². The van der Waals surface area contributed by atoms with Crippen LogP contribution < -0.4 is 4.74 Å². The molecule has 0 radical (unpaired) electrons. The van der Waals surface area contributed by atoms with E-state index in [1.807, 2.05) is 25.1 Å². The molecule has 0 saturated heterocycles. The molecule has 0 aliphatic heterocycles. The fourth-order valence-corrected chi connectivity index (χ4v) is 2.55. The Morgan fingerprint density at radius 1 is 0.917 bits per heavy atom. The van der Waals surface area contributed by atoms with E-state index in [1.54, 1.807) is 0 Å². The Kier molecular flexibility index (Phi) is 4.70. The van der Waals surface area contributed by atoms with Crippen LogP contribution in [0.15, 0.2) is 46.9 Å². The van der Waals surface area contributed by atoms with Crippen LogP contribution in [-0.4, -0.2) is 11.6 Å². The minimum Gasteiger partial charge on any atom is -0.493 e. The molecule has 0 N–H and O–H groups in total. The monoisotopic (exact) mass is 321 g/mol. The molecule has 24 heavy (non-hydrogen) atoms. The minimum atomic E-state index is 0.587. The second-order valence-corrected chi connectivity index (χ2v) is 6.23. The van der Waals surface area contributed by atoms with Gasteiger partial charge in [0.15, 0.2) is 0 Å². The molecule has 1 aromatic heterocycles. The van der Waals surface area contributed by atoms with Crippen LogP contribution in [0, 0.1) is 27.7 Å². The lowest BCUT2D eigenvalue weighted by Crippen LogP contribution is -2.03. The third-order valence-electron chi connectivity index (χ3n) is 4.28. The zero-order valence-corrected chi connectivity index (χ0v) is 14.7. The summed E-state index contributed by atoms with van der Waals surface area (Å²) in [6.07, 6.45) is 0.730. The zero-order valence-electron chi connectivity index (χ0n) is 14.7. The van der Waals surface area contributed by atoms with Crippen molar-refractivity contribution in [1.29, 1.82) is 0 Å². The van der Waals surface area contributed by atoms with Gasteiger partial charge >= 0.3 is 0 Å². The minimum absolute atomic E-state index is 0.587. The predicted octanol–water partition coefficient (Wildman–Crippen LogP) is 5.20. The molecule has 124 valence electrons. The van der Waals surface area contributed by atoms with E-state index in [9.17, 15) is 0 Å². The van der Waals surface area contributed by atoms with Gasteiger partial charge in [0.1, 0.15) is 11.5 Å². The van der Waals surface area contributed by atoms with Crippen LogP contribution in [0.3, 0.4) is 0 Å². The summed E-state index contributed by atoms with van der Waals surface area (Å²) in [7, 11) is 0. The van der Waals surface area contributed by atoms with Gasteiger partial charge < -0.3 is 9.15 Å². The summed E-state index contributed by atoms with van der Waals surface area (Å²) in [6.45, 7) is 8.81. The maximum atomic E-state index is 5.85. The zero-order chi connectivity index (χ0) is 17.1. The van der Waals surface area contributed by atoms with Gasteiger partial charge in [0.25, 0.3) is 0 Å².